The number of carbonyl (C=O) groups is 1. The molecule has 0 fully saturated rings. The Morgan fingerprint density at radius 3 is 2.64 bits per heavy atom. The summed E-state index contributed by atoms with van der Waals surface area (Å²) in [5.41, 5.74) is 2.46. The summed E-state index contributed by atoms with van der Waals surface area (Å²) in [6, 6.07) is 14.5. The van der Waals surface area contributed by atoms with E-state index in [0.717, 1.165) is 16.5 Å². The van der Waals surface area contributed by atoms with Crippen molar-refractivity contribution in [3.63, 3.8) is 0 Å². The maximum atomic E-state index is 12.6. The Balaban J connectivity index is 2.07. The van der Waals surface area contributed by atoms with Gasteiger partial charge in [0, 0.05) is 61.8 Å². The molecule has 1 amide bonds. The zero-order chi connectivity index (χ0) is 20.1. The number of methoxy groups -OCH3 is 1. The average Bonchev–Trinajstić information content (AvgIpc) is 3.03. The zero-order valence-corrected chi connectivity index (χ0v) is 15.9. The number of nitrogens with zero attached hydrogens (tertiary/aromatic N) is 2. The van der Waals surface area contributed by atoms with E-state index in [4.69, 9.17) is 4.74 Å². The Morgan fingerprint density at radius 1 is 1.18 bits per heavy atom. The molecule has 1 atom stereocenters. The molecule has 7 heteroatoms. The summed E-state index contributed by atoms with van der Waals surface area (Å²) < 4.78 is 6.95. The van der Waals surface area contributed by atoms with Crippen LogP contribution in [0.15, 0.2) is 54.7 Å². The van der Waals surface area contributed by atoms with Gasteiger partial charge in [-0.3, -0.25) is 14.9 Å². The molecule has 0 saturated carbocycles. The number of aryl methyl sites for hydroxylation is 1. The molecule has 7 nitrogen and oxygen atoms in total. The quantitative estimate of drug-likeness (QED) is 0.368. The van der Waals surface area contributed by atoms with Gasteiger partial charge >= 0.3 is 0 Å². The fourth-order valence-electron chi connectivity index (χ4n) is 3.54. The van der Waals surface area contributed by atoms with Crippen LogP contribution in [-0.4, -0.2) is 35.7 Å². The van der Waals surface area contributed by atoms with E-state index < -0.39 is 10.8 Å². The Kier molecular flexibility index (Phi) is 6.06. The van der Waals surface area contributed by atoms with Crippen LogP contribution in [0.1, 0.15) is 23.5 Å². The van der Waals surface area contributed by atoms with Gasteiger partial charge in [-0.25, -0.2) is 0 Å². The first kappa shape index (κ1) is 19.6. The summed E-state index contributed by atoms with van der Waals surface area (Å²) in [6.07, 6.45) is 2.07. The first-order chi connectivity index (χ1) is 13.5. The molecule has 0 aliphatic rings. The van der Waals surface area contributed by atoms with E-state index in [9.17, 15) is 14.9 Å². The standard InChI is InChI=1S/C21H23N3O4/c1-23-14-18(16-8-3-5-9-19(16)23)17(13-21(25)22-11-12-28-2)15-7-4-6-10-20(15)24(26)27/h3-10,14,17H,11-13H2,1-2H3,(H,22,25). The number of hydrogen-bond donors (Lipinski definition) is 1. The van der Waals surface area contributed by atoms with Gasteiger partial charge in [0.05, 0.1) is 11.5 Å². The first-order valence-electron chi connectivity index (χ1n) is 9.05. The molecule has 0 radical (unpaired) electrons. The van der Waals surface area contributed by atoms with Crippen molar-refractivity contribution in [1.82, 2.24) is 9.88 Å². The third-order valence-electron chi connectivity index (χ3n) is 4.83. The fraction of sp³-hybridized carbons (Fsp3) is 0.286. The van der Waals surface area contributed by atoms with Crippen molar-refractivity contribution >= 4 is 22.5 Å². The fourth-order valence-corrected chi connectivity index (χ4v) is 3.54. The van der Waals surface area contributed by atoms with Crippen molar-refractivity contribution in [2.45, 2.75) is 12.3 Å². The van der Waals surface area contributed by atoms with Crippen molar-refractivity contribution in [1.29, 1.82) is 0 Å². The van der Waals surface area contributed by atoms with Crippen molar-refractivity contribution in [3.05, 3.63) is 76.0 Å². The average molecular weight is 381 g/mol. The van der Waals surface area contributed by atoms with Crippen LogP contribution in [0.5, 0.6) is 0 Å². The number of carbonyl (C=O) groups excluding carboxylic acids is 1. The second-order valence-corrected chi connectivity index (χ2v) is 6.63. The van der Waals surface area contributed by atoms with Gasteiger partial charge in [-0.05, 0) is 11.6 Å². The second-order valence-electron chi connectivity index (χ2n) is 6.63. The lowest BCUT2D eigenvalue weighted by Gasteiger charge is -2.17. The number of para-hydroxylation sites is 2. The lowest BCUT2D eigenvalue weighted by atomic mass is 9.87. The van der Waals surface area contributed by atoms with Gasteiger partial charge < -0.3 is 14.6 Å². The third-order valence-corrected chi connectivity index (χ3v) is 4.83. The van der Waals surface area contributed by atoms with Crippen LogP contribution in [-0.2, 0) is 16.6 Å². The molecule has 2 aromatic carbocycles. The highest BCUT2D eigenvalue weighted by Crippen LogP contribution is 2.38. The van der Waals surface area contributed by atoms with E-state index >= 15 is 0 Å². The predicted molar refractivity (Wildman–Crippen MR) is 107 cm³/mol. The summed E-state index contributed by atoms with van der Waals surface area (Å²) >= 11 is 0. The highest BCUT2D eigenvalue weighted by atomic mass is 16.6. The topological polar surface area (TPSA) is 86.4 Å². The number of hydrogen-bond acceptors (Lipinski definition) is 4. The van der Waals surface area contributed by atoms with Crippen molar-refractivity contribution < 1.29 is 14.5 Å². The van der Waals surface area contributed by atoms with Gasteiger partial charge in [0.15, 0.2) is 0 Å². The number of nitro benzene ring substituents is 1. The molecular formula is C21H23N3O4. The normalized spacial score (nSPS) is 12.1. The van der Waals surface area contributed by atoms with Crippen LogP contribution in [0.4, 0.5) is 5.69 Å². The minimum absolute atomic E-state index is 0.0186. The van der Waals surface area contributed by atoms with Gasteiger partial charge in [0.1, 0.15) is 0 Å². The molecular weight excluding hydrogens is 358 g/mol. The molecule has 28 heavy (non-hydrogen) atoms. The number of nitrogens with one attached hydrogen (secondary N) is 1. The minimum atomic E-state index is -0.435. The number of nitro groups is 1. The number of ether oxygens (including phenoxy) is 1. The number of amides is 1. The Labute approximate surface area is 163 Å². The van der Waals surface area contributed by atoms with E-state index in [1.54, 1.807) is 25.3 Å². The Morgan fingerprint density at radius 2 is 1.89 bits per heavy atom. The van der Waals surface area contributed by atoms with Crippen LogP contribution in [0.2, 0.25) is 0 Å². The van der Waals surface area contributed by atoms with Gasteiger partial charge in [-0.15, -0.1) is 0 Å². The molecule has 0 spiro atoms. The largest absolute Gasteiger partial charge is 0.383 e. The van der Waals surface area contributed by atoms with Crippen LogP contribution in [0, 0.1) is 10.1 Å². The van der Waals surface area contributed by atoms with Crippen LogP contribution in [0.25, 0.3) is 10.9 Å². The molecule has 0 bridgehead atoms. The SMILES string of the molecule is COCCNC(=O)CC(c1ccccc1[N+](=O)[O-])c1cn(C)c2ccccc12. The maximum absolute atomic E-state index is 12.6. The van der Waals surface area contributed by atoms with Gasteiger partial charge in [0.25, 0.3) is 5.69 Å². The van der Waals surface area contributed by atoms with Crippen LogP contribution in [0.3, 0.4) is 0 Å². The van der Waals surface area contributed by atoms with Crippen molar-refractivity contribution in [2.75, 3.05) is 20.3 Å². The van der Waals surface area contributed by atoms with Crippen molar-refractivity contribution in [2.24, 2.45) is 7.05 Å². The lowest BCUT2D eigenvalue weighted by molar-refractivity contribution is -0.385. The molecule has 1 N–H and O–H groups in total. The molecule has 146 valence electrons. The number of fused-ring (bicyclic) bond motifs is 1. The van der Waals surface area contributed by atoms with Gasteiger partial charge in [-0.1, -0.05) is 36.4 Å². The Hall–Kier alpha value is -3.19. The smallest absolute Gasteiger partial charge is 0.273 e. The zero-order valence-electron chi connectivity index (χ0n) is 15.9. The maximum Gasteiger partial charge on any atom is 0.273 e. The molecule has 0 aliphatic carbocycles. The molecule has 0 saturated heterocycles. The monoisotopic (exact) mass is 381 g/mol. The minimum Gasteiger partial charge on any atom is -0.383 e. The third kappa shape index (κ3) is 4.04. The van der Waals surface area contributed by atoms with Gasteiger partial charge in [0.2, 0.25) is 5.91 Å². The molecule has 1 heterocycles. The first-order valence-corrected chi connectivity index (χ1v) is 9.05. The van der Waals surface area contributed by atoms with E-state index in [0.29, 0.717) is 18.7 Å². The van der Waals surface area contributed by atoms with Gasteiger partial charge in [-0.2, -0.15) is 0 Å². The molecule has 3 rings (SSSR count). The highest BCUT2D eigenvalue weighted by molar-refractivity contribution is 5.87. The van der Waals surface area contributed by atoms with Crippen LogP contribution < -0.4 is 5.32 Å². The van der Waals surface area contributed by atoms with Crippen LogP contribution >= 0.6 is 0 Å². The summed E-state index contributed by atoms with van der Waals surface area (Å²) in [5, 5.41) is 15.4. The second kappa shape index (κ2) is 8.67. The number of aromatic nitrogens is 1. The number of rotatable bonds is 8. The van der Waals surface area contributed by atoms with E-state index in [2.05, 4.69) is 5.32 Å². The summed E-state index contributed by atoms with van der Waals surface area (Å²) in [4.78, 5) is 23.8. The molecule has 1 aromatic heterocycles. The van der Waals surface area contributed by atoms with Crippen molar-refractivity contribution in [3.8, 4) is 0 Å². The van der Waals surface area contributed by atoms with E-state index in [1.165, 1.54) is 6.07 Å². The Bertz CT molecular complexity index is 996. The summed E-state index contributed by atoms with van der Waals surface area (Å²) in [7, 11) is 3.50. The molecule has 3 aromatic rings. The predicted octanol–water partition coefficient (Wildman–Crippen LogP) is 3.37. The highest BCUT2D eigenvalue weighted by Gasteiger charge is 2.27. The summed E-state index contributed by atoms with van der Waals surface area (Å²) in [6.45, 7) is 0.810. The summed E-state index contributed by atoms with van der Waals surface area (Å²) in [5.74, 6) is -0.608. The number of benzene rings is 2. The molecule has 0 aliphatic heterocycles. The van der Waals surface area contributed by atoms with E-state index in [-0.39, 0.29) is 18.0 Å². The lowest BCUT2D eigenvalue weighted by Crippen LogP contribution is -2.28. The van der Waals surface area contributed by atoms with E-state index in [1.807, 2.05) is 42.1 Å². The molecule has 1 unspecified atom stereocenters.